The average molecular weight is 288 g/mol. The summed E-state index contributed by atoms with van der Waals surface area (Å²) in [5, 5.41) is 5.38. The molecule has 0 aliphatic heterocycles. The second-order valence-corrected chi connectivity index (χ2v) is 6.81. The van der Waals surface area contributed by atoms with Crippen molar-refractivity contribution in [3.05, 3.63) is 24.5 Å². The van der Waals surface area contributed by atoms with E-state index < -0.39 is 0 Å². The van der Waals surface area contributed by atoms with E-state index in [9.17, 15) is 0 Å². The molecule has 2 unspecified atom stereocenters. The summed E-state index contributed by atoms with van der Waals surface area (Å²) in [5.74, 6) is 2.11. The molecule has 0 bridgehead atoms. The number of aromatic nitrogens is 2. The molecule has 20 heavy (non-hydrogen) atoms. The molecule has 2 atom stereocenters. The lowest BCUT2D eigenvalue weighted by molar-refractivity contribution is 0.753. The monoisotopic (exact) mass is 288 g/mol. The zero-order valence-electron chi connectivity index (χ0n) is 11.7. The molecule has 3 rings (SSSR count). The molecule has 106 valence electrons. The van der Waals surface area contributed by atoms with Crippen LogP contribution in [0, 0.1) is 0 Å². The third kappa shape index (κ3) is 2.82. The molecule has 3 N–H and O–H groups in total. The minimum absolute atomic E-state index is 0.513. The van der Waals surface area contributed by atoms with E-state index in [-0.39, 0.29) is 0 Å². The van der Waals surface area contributed by atoms with Crippen molar-refractivity contribution in [2.45, 2.75) is 37.5 Å². The highest BCUT2D eigenvalue weighted by atomic mass is 32.2. The van der Waals surface area contributed by atoms with E-state index >= 15 is 0 Å². The van der Waals surface area contributed by atoms with E-state index in [0.717, 1.165) is 27.7 Å². The van der Waals surface area contributed by atoms with Gasteiger partial charge in [0.25, 0.3) is 0 Å². The Bertz CT molecular complexity index is 601. The molecule has 1 saturated carbocycles. The number of hydrogen-bond donors (Lipinski definition) is 2. The van der Waals surface area contributed by atoms with Crippen LogP contribution in [0.1, 0.15) is 26.2 Å². The van der Waals surface area contributed by atoms with Gasteiger partial charge in [-0.05, 0) is 43.2 Å². The van der Waals surface area contributed by atoms with Crippen molar-refractivity contribution < 1.29 is 0 Å². The molecule has 2 aromatic rings. The van der Waals surface area contributed by atoms with Crippen LogP contribution in [0.15, 0.2) is 24.5 Å². The SMILES string of the molecule is CCSC1CCC(Nc2ncnc3ccc(N)cc23)C1. The van der Waals surface area contributed by atoms with E-state index in [4.69, 9.17) is 5.73 Å². The molecule has 1 aliphatic rings. The summed E-state index contributed by atoms with van der Waals surface area (Å²) in [4.78, 5) is 8.69. The molecular weight excluding hydrogens is 268 g/mol. The lowest BCUT2D eigenvalue weighted by atomic mass is 10.2. The maximum absolute atomic E-state index is 5.88. The number of hydrogen-bond acceptors (Lipinski definition) is 5. The van der Waals surface area contributed by atoms with Crippen molar-refractivity contribution in [3.8, 4) is 0 Å². The highest BCUT2D eigenvalue weighted by Gasteiger charge is 2.25. The first-order chi connectivity index (χ1) is 9.76. The van der Waals surface area contributed by atoms with Gasteiger partial charge in [0.15, 0.2) is 0 Å². The van der Waals surface area contributed by atoms with Crippen molar-refractivity contribution in [1.82, 2.24) is 9.97 Å². The number of nitrogen functional groups attached to an aromatic ring is 1. The summed E-state index contributed by atoms with van der Waals surface area (Å²) in [7, 11) is 0. The Balaban J connectivity index is 1.79. The van der Waals surface area contributed by atoms with Crippen LogP contribution in [0.4, 0.5) is 11.5 Å². The minimum Gasteiger partial charge on any atom is -0.399 e. The molecule has 1 aromatic carbocycles. The van der Waals surface area contributed by atoms with Crippen LogP contribution in [-0.4, -0.2) is 27.0 Å². The van der Waals surface area contributed by atoms with Crippen LogP contribution in [0.3, 0.4) is 0 Å². The largest absolute Gasteiger partial charge is 0.399 e. The number of nitrogens with two attached hydrogens (primary N) is 1. The molecule has 1 heterocycles. The molecule has 0 radical (unpaired) electrons. The van der Waals surface area contributed by atoms with Gasteiger partial charge in [0, 0.05) is 22.4 Å². The third-order valence-electron chi connectivity index (χ3n) is 3.79. The first-order valence-corrected chi connectivity index (χ1v) is 8.19. The Labute approximate surface area is 123 Å². The fraction of sp³-hybridized carbons (Fsp3) is 0.467. The second-order valence-electron chi connectivity index (χ2n) is 5.23. The first kappa shape index (κ1) is 13.5. The number of nitrogens with one attached hydrogen (secondary N) is 1. The summed E-state index contributed by atoms with van der Waals surface area (Å²) in [6.45, 7) is 2.23. The molecule has 1 aliphatic carbocycles. The van der Waals surface area contributed by atoms with Crippen LogP contribution >= 0.6 is 11.8 Å². The maximum atomic E-state index is 5.88. The van der Waals surface area contributed by atoms with E-state index in [1.807, 2.05) is 18.2 Å². The predicted molar refractivity (Wildman–Crippen MR) is 87.1 cm³/mol. The zero-order chi connectivity index (χ0) is 13.9. The molecule has 0 saturated heterocycles. The number of rotatable bonds is 4. The Morgan fingerprint density at radius 3 is 3.10 bits per heavy atom. The number of fused-ring (bicyclic) bond motifs is 1. The van der Waals surface area contributed by atoms with Gasteiger partial charge in [-0.3, -0.25) is 0 Å². The Hall–Kier alpha value is -1.49. The summed E-state index contributed by atoms with van der Waals surface area (Å²) in [6.07, 6.45) is 5.34. The fourth-order valence-corrected chi connectivity index (χ4v) is 3.98. The lowest BCUT2D eigenvalue weighted by Crippen LogP contribution is -2.17. The maximum Gasteiger partial charge on any atom is 0.137 e. The van der Waals surface area contributed by atoms with Crippen LogP contribution in [0.5, 0.6) is 0 Å². The Kier molecular flexibility index (Phi) is 3.96. The van der Waals surface area contributed by atoms with Gasteiger partial charge in [-0.2, -0.15) is 11.8 Å². The molecule has 0 amide bonds. The average Bonchev–Trinajstić information content (AvgIpc) is 2.87. The van der Waals surface area contributed by atoms with Gasteiger partial charge in [-0.25, -0.2) is 9.97 Å². The van der Waals surface area contributed by atoms with Crippen molar-refractivity contribution in [3.63, 3.8) is 0 Å². The highest BCUT2D eigenvalue weighted by molar-refractivity contribution is 7.99. The number of nitrogens with zero attached hydrogens (tertiary/aromatic N) is 2. The number of benzene rings is 1. The first-order valence-electron chi connectivity index (χ1n) is 7.14. The summed E-state index contributed by atoms with van der Waals surface area (Å²) < 4.78 is 0. The topological polar surface area (TPSA) is 63.8 Å². The number of anilines is 2. The van der Waals surface area contributed by atoms with Gasteiger partial charge in [0.1, 0.15) is 12.1 Å². The lowest BCUT2D eigenvalue weighted by Gasteiger charge is -2.15. The summed E-state index contributed by atoms with van der Waals surface area (Å²) >= 11 is 2.07. The van der Waals surface area contributed by atoms with Crippen molar-refractivity contribution >= 4 is 34.2 Å². The summed E-state index contributed by atoms with van der Waals surface area (Å²) in [5.41, 5.74) is 7.57. The Morgan fingerprint density at radius 1 is 1.35 bits per heavy atom. The van der Waals surface area contributed by atoms with E-state index in [1.165, 1.54) is 25.0 Å². The summed E-state index contributed by atoms with van der Waals surface area (Å²) in [6, 6.07) is 6.29. The zero-order valence-corrected chi connectivity index (χ0v) is 12.5. The minimum atomic E-state index is 0.513. The molecule has 1 fully saturated rings. The molecule has 0 spiro atoms. The predicted octanol–water partition coefficient (Wildman–Crippen LogP) is 3.30. The molecular formula is C15H20N4S. The van der Waals surface area contributed by atoms with Gasteiger partial charge in [-0.1, -0.05) is 6.92 Å². The van der Waals surface area contributed by atoms with Crippen LogP contribution < -0.4 is 11.1 Å². The number of thioether (sulfide) groups is 1. The normalized spacial score (nSPS) is 22.2. The van der Waals surface area contributed by atoms with Crippen molar-refractivity contribution in [1.29, 1.82) is 0 Å². The van der Waals surface area contributed by atoms with Gasteiger partial charge in [-0.15, -0.1) is 0 Å². The third-order valence-corrected chi connectivity index (χ3v) is 5.02. The van der Waals surface area contributed by atoms with E-state index in [0.29, 0.717) is 6.04 Å². The van der Waals surface area contributed by atoms with E-state index in [1.54, 1.807) is 6.33 Å². The van der Waals surface area contributed by atoms with Gasteiger partial charge in [0.05, 0.1) is 5.52 Å². The fourth-order valence-electron chi connectivity index (χ4n) is 2.84. The van der Waals surface area contributed by atoms with Crippen LogP contribution in [-0.2, 0) is 0 Å². The van der Waals surface area contributed by atoms with Gasteiger partial charge < -0.3 is 11.1 Å². The Morgan fingerprint density at radius 2 is 2.25 bits per heavy atom. The van der Waals surface area contributed by atoms with Crippen LogP contribution in [0.2, 0.25) is 0 Å². The standard InChI is InChI=1S/C15H20N4S/c1-2-20-12-5-4-11(8-12)19-15-13-7-10(16)3-6-14(13)17-9-18-15/h3,6-7,9,11-12H,2,4-5,8,16H2,1H3,(H,17,18,19). The molecule has 5 heteroatoms. The van der Waals surface area contributed by atoms with Crippen molar-refractivity contribution in [2.75, 3.05) is 16.8 Å². The van der Waals surface area contributed by atoms with Crippen molar-refractivity contribution in [2.24, 2.45) is 0 Å². The second kappa shape index (κ2) is 5.87. The quantitative estimate of drug-likeness (QED) is 0.845. The molecule has 1 aromatic heterocycles. The van der Waals surface area contributed by atoms with Gasteiger partial charge >= 0.3 is 0 Å². The highest BCUT2D eigenvalue weighted by Crippen LogP contribution is 2.32. The van der Waals surface area contributed by atoms with Crippen LogP contribution in [0.25, 0.3) is 10.9 Å². The molecule has 4 nitrogen and oxygen atoms in total. The van der Waals surface area contributed by atoms with Gasteiger partial charge in [0.2, 0.25) is 0 Å². The smallest absolute Gasteiger partial charge is 0.137 e. The van der Waals surface area contributed by atoms with E-state index in [2.05, 4.69) is 34.0 Å².